The summed E-state index contributed by atoms with van der Waals surface area (Å²) >= 11 is 1.84. The lowest BCUT2D eigenvalue weighted by atomic mass is 10.1. The fraction of sp³-hybridized carbons (Fsp3) is 0.429. The predicted octanol–water partition coefficient (Wildman–Crippen LogP) is 3.23. The monoisotopic (exact) mass is 277 g/mol. The third kappa shape index (κ3) is 3.81. The number of thioether (sulfide) groups is 1. The van der Waals surface area contributed by atoms with E-state index in [1.54, 1.807) is 0 Å². The van der Waals surface area contributed by atoms with E-state index in [4.69, 9.17) is 10.3 Å². The van der Waals surface area contributed by atoms with Gasteiger partial charge in [0.1, 0.15) is 0 Å². The normalized spacial score (nSPS) is 12.6. The quantitative estimate of drug-likeness (QED) is 0.878. The summed E-state index contributed by atoms with van der Waals surface area (Å²) in [7, 11) is 0. The lowest BCUT2D eigenvalue weighted by molar-refractivity contribution is 0.425. The van der Waals surface area contributed by atoms with Crippen LogP contribution in [0.25, 0.3) is 11.5 Å². The molecule has 1 aromatic heterocycles. The molecule has 0 radical (unpaired) electrons. The molecule has 0 aliphatic heterocycles. The van der Waals surface area contributed by atoms with Gasteiger partial charge in [0.15, 0.2) is 5.82 Å². The Labute approximate surface area is 117 Å². The Bertz CT molecular complexity index is 527. The van der Waals surface area contributed by atoms with Crippen molar-refractivity contribution in [3.05, 3.63) is 35.7 Å². The van der Waals surface area contributed by atoms with E-state index >= 15 is 0 Å². The summed E-state index contributed by atoms with van der Waals surface area (Å²) in [5.74, 6) is 2.10. The van der Waals surface area contributed by atoms with Crippen molar-refractivity contribution in [2.45, 2.75) is 37.8 Å². The molecule has 1 unspecified atom stereocenters. The molecule has 0 spiro atoms. The van der Waals surface area contributed by atoms with Gasteiger partial charge in [-0.25, -0.2) is 0 Å². The Morgan fingerprint density at radius 3 is 3.00 bits per heavy atom. The van der Waals surface area contributed by atoms with Crippen molar-refractivity contribution in [1.82, 2.24) is 10.1 Å². The summed E-state index contributed by atoms with van der Waals surface area (Å²) in [6.45, 7) is 4.90. The van der Waals surface area contributed by atoms with Crippen LogP contribution in [0, 0.1) is 0 Å². The van der Waals surface area contributed by atoms with Crippen LogP contribution < -0.4 is 5.73 Å². The van der Waals surface area contributed by atoms with Crippen LogP contribution >= 0.6 is 11.8 Å². The van der Waals surface area contributed by atoms with Gasteiger partial charge in [-0.3, -0.25) is 0 Å². The molecule has 1 heterocycles. The number of benzene rings is 1. The number of nitrogens with zero attached hydrogens (tertiary/aromatic N) is 2. The maximum Gasteiger partial charge on any atom is 0.257 e. The summed E-state index contributed by atoms with van der Waals surface area (Å²) in [6.07, 6.45) is 1.15. The van der Waals surface area contributed by atoms with Crippen molar-refractivity contribution in [3.63, 3.8) is 0 Å². The molecule has 1 aromatic carbocycles. The van der Waals surface area contributed by atoms with Gasteiger partial charge in [-0.05, 0) is 24.1 Å². The van der Waals surface area contributed by atoms with Gasteiger partial charge in [0.25, 0.3) is 5.89 Å². The van der Waals surface area contributed by atoms with Crippen molar-refractivity contribution >= 4 is 11.8 Å². The molecule has 0 saturated heterocycles. The molecule has 102 valence electrons. The van der Waals surface area contributed by atoms with E-state index in [0.717, 1.165) is 29.1 Å². The topological polar surface area (TPSA) is 64.9 Å². The van der Waals surface area contributed by atoms with Gasteiger partial charge in [-0.2, -0.15) is 16.7 Å². The molecule has 0 aliphatic rings. The zero-order valence-corrected chi connectivity index (χ0v) is 12.1. The van der Waals surface area contributed by atoms with Crippen molar-refractivity contribution in [3.8, 4) is 11.5 Å². The van der Waals surface area contributed by atoms with E-state index in [2.05, 4.69) is 24.0 Å². The second kappa shape index (κ2) is 6.73. The number of nitrogens with two attached hydrogens (primary N) is 1. The summed E-state index contributed by atoms with van der Waals surface area (Å²) in [4.78, 5) is 4.42. The van der Waals surface area contributed by atoms with Crippen molar-refractivity contribution < 1.29 is 4.52 Å². The molecule has 2 N–H and O–H groups in total. The largest absolute Gasteiger partial charge is 0.334 e. The highest BCUT2D eigenvalue weighted by Crippen LogP contribution is 2.22. The van der Waals surface area contributed by atoms with Crippen LogP contribution in [-0.4, -0.2) is 15.4 Å². The average molecular weight is 277 g/mol. The lowest BCUT2D eigenvalue weighted by Crippen LogP contribution is -1.96. The van der Waals surface area contributed by atoms with Gasteiger partial charge in [0.05, 0.1) is 5.75 Å². The molecule has 0 saturated carbocycles. The molecule has 0 fully saturated rings. The summed E-state index contributed by atoms with van der Waals surface area (Å²) < 4.78 is 5.30. The first-order chi connectivity index (χ1) is 9.22. The Morgan fingerprint density at radius 2 is 2.26 bits per heavy atom. The van der Waals surface area contributed by atoms with E-state index in [1.165, 1.54) is 0 Å². The zero-order valence-electron chi connectivity index (χ0n) is 11.3. The van der Waals surface area contributed by atoms with E-state index in [0.29, 0.717) is 17.7 Å². The molecular weight excluding hydrogens is 258 g/mol. The molecular formula is C14H19N3OS. The summed E-state index contributed by atoms with van der Waals surface area (Å²) in [5, 5.41) is 4.63. The van der Waals surface area contributed by atoms with E-state index in [-0.39, 0.29) is 0 Å². The van der Waals surface area contributed by atoms with Gasteiger partial charge in [0.2, 0.25) is 0 Å². The average Bonchev–Trinajstić information content (AvgIpc) is 2.93. The third-order valence-electron chi connectivity index (χ3n) is 2.95. The first kappa shape index (κ1) is 14.1. The summed E-state index contributed by atoms with van der Waals surface area (Å²) in [6, 6.07) is 7.88. The van der Waals surface area contributed by atoms with Crippen LogP contribution in [0.1, 0.15) is 31.7 Å². The van der Waals surface area contributed by atoms with Crippen molar-refractivity contribution in [1.29, 1.82) is 0 Å². The Balaban J connectivity index is 2.07. The van der Waals surface area contributed by atoms with E-state index in [9.17, 15) is 0 Å². The van der Waals surface area contributed by atoms with E-state index in [1.807, 2.05) is 36.0 Å². The van der Waals surface area contributed by atoms with Crippen molar-refractivity contribution in [2.75, 3.05) is 0 Å². The molecule has 0 amide bonds. The number of hydrogen-bond donors (Lipinski definition) is 1. The van der Waals surface area contributed by atoms with Gasteiger partial charge in [-0.15, -0.1) is 0 Å². The maximum atomic E-state index is 5.63. The highest BCUT2D eigenvalue weighted by molar-refractivity contribution is 7.99. The van der Waals surface area contributed by atoms with Crippen LogP contribution in [0.4, 0.5) is 0 Å². The molecule has 4 nitrogen and oxygen atoms in total. The highest BCUT2D eigenvalue weighted by Gasteiger charge is 2.10. The minimum absolute atomic E-state index is 0.513. The van der Waals surface area contributed by atoms with Crippen LogP contribution in [0.15, 0.2) is 28.8 Å². The van der Waals surface area contributed by atoms with Crippen LogP contribution in [0.2, 0.25) is 0 Å². The van der Waals surface area contributed by atoms with Crippen molar-refractivity contribution in [2.24, 2.45) is 5.73 Å². The van der Waals surface area contributed by atoms with E-state index < -0.39 is 0 Å². The second-order valence-corrected chi connectivity index (χ2v) is 5.88. The molecule has 19 heavy (non-hydrogen) atoms. The number of rotatable bonds is 6. The SMILES string of the molecule is CCC(C)SCc1noc(-c2cccc(CN)c2)n1. The predicted molar refractivity (Wildman–Crippen MR) is 78.7 cm³/mol. The first-order valence-corrected chi connectivity index (χ1v) is 7.51. The fourth-order valence-electron chi connectivity index (χ4n) is 1.60. The Hall–Kier alpha value is -1.33. The molecule has 0 aliphatic carbocycles. The molecule has 2 aromatic rings. The zero-order chi connectivity index (χ0) is 13.7. The summed E-state index contributed by atoms with van der Waals surface area (Å²) in [5.41, 5.74) is 7.62. The van der Waals surface area contributed by atoms with Gasteiger partial charge < -0.3 is 10.3 Å². The second-order valence-electron chi connectivity index (χ2n) is 4.45. The Morgan fingerprint density at radius 1 is 1.42 bits per heavy atom. The van der Waals surface area contributed by atoms with Gasteiger partial charge in [-0.1, -0.05) is 31.1 Å². The maximum absolute atomic E-state index is 5.63. The molecule has 2 rings (SSSR count). The van der Waals surface area contributed by atoms with Crippen LogP contribution in [-0.2, 0) is 12.3 Å². The highest BCUT2D eigenvalue weighted by atomic mass is 32.2. The molecule has 0 bridgehead atoms. The van der Waals surface area contributed by atoms with Crippen LogP contribution in [0.5, 0.6) is 0 Å². The molecule has 5 heteroatoms. The van der Waals surface area contributed by atoms with Gasteiger partial charge >= 0.3 is 0 Å². The molecule has 1 atom stereocenters. The fourth-order valence-corrected chi connectivity index (χ4v) is 2.38. The minimum Gasteiger partial charge on any atom is -0.334 e. The third-order valence-corrected chi connectivity index (χ3v) is 4.28. The smallest absolute Gasteiger partial charge is 0.257 e. The minimum atomic E-state index is 0.513. The Kier molecular flexibility index (Phi) is 4.99. The number of hydrogen-bond acceptors (Lipinski definition) is 5. The number of aromatic nitrogens is 2. The van der Waals surface area contributed by atoms with Gasteiger partial charge in [0, 0.05) is 17.4 Å². The lowest BCUT2D eigenvalue weighted by Gasteiger charge is -2.04. The van der Waals surface area contributed by atoms with Crippen LogP contribution in [0.3, 0.4) is 0 Å². The standard InChI is InChI=1S/C14H19N3OS/c1-3-10(2)19-9-13-16-14(18-17-13)12-6-4-5-11(7-12)8-15/h4-7,10H,3,8-9,15H2,1-2H3. The first-order valence-electron chi connectivity index (χ1n) is 6.46.